The predicted molar refractivity (Wildman–Crippen MR) is 110 cm³/mol. The van der Waals surface area contributed by atoms with Crippen LogP contribution in [-0.4, -0.2) is 34.2 Å². The van der Waals surface area contributed by atoms with Crippen LogP contribution in [0.15, 0.2) is 47.5 Å². The number of nitrogens with one attached hydrogen (secondary N) is 2. The van der Waals surface area contributed by atoms with Crippen molar-refractivity contribution in [3.8, 4) is 0 Å². The Balaban J connectivity index is 1.65. The molecule has 0 radical (unpaired) electrons. The SMILES string of the molecule is CN=C(NCc1cc(F)ccc1CS(C)(=O)=O)NCC1(c2ccccc2F)CC1. The highest BCUT2D eigenvalue weighted by Gasteiger charge is 2.45. The summed E-state index contributed by atoms with van der Waals surface area (Å²) in [6.07, 6.45) is 2.92. The van der Waals surface area contributed by atoms with Crippen molar-refractivity contribution in [1.29, 1.82) is 0 Å². The van der Waals surface area contributed by atoms with Gasteiger partial charge in [0.05, 0.1) is 5.75 Å². The molecule has 1 aliphatic rings. The summed E-state index contributed by atoms with van der Waals surface area (Å²) < 4.78 is 51.1. The lowest BCUT2D eigenvalue weighted by Gasteiger charge is -2.20. The second-order valence-corrected chi connectivity index (χ2v) is 9.66. The molecular weight excluding hydrogens is 396 g/mol. The lowest BCUT2D eigenvalue weighted by atomic mass is 9.95. The highest BCUT2D eigenvalue weighted by atomic mass is 32.2. The zero-order chi connectivity index (χ0) is 21.1. The molecule has 1 aliphatic carbocycles. The first kappa shape index (κ1) is 21.2. The number of guanidine groups is 1. The molecule has 0 unspecified atom stereocenters. The summed E-state index contributed by atoms with van der Waals surface area (Å²) in [5.74, 6) is -0.312. The predicted octanol–water partition coefficient (Wildman–Crippen LogP) is 2.91. The summed E-state index contributed by atoms with van der Waals surface area (Å²) in [5.41, 5.74) is 1.54. The van der Waals surface area contributed by atoms with Gasteiger partial charge < -0.3 is 10.6 Å². The minimum atomic E-state index is -3.24. The average Bonchev–Trinajstić information content (AvgIpc) is 3.44. The molecule has 3 rings (SSSR count). The van der Waals surface area contributed by atoms with Gasteiger partial charge >= 0.3 is 0 Å². The van der Waals surface area contributed by atoms with Crippen LogP contribution in [0.5, 0.6) is 0 Å². The van der Waals surface area contributed by atoms with Gasteiger partial charge in [-0.3, -0.25) is 4.99 Å². The van der Waals surface area contributed by atoms with Crippen molar-refractivity contribution < 1.29 is 17.2 Å². The van der Waals surface area contributed by atoms with Crippen molar-refractivity contribution in [1.82, 2.24) is 10.6 Å². The normalized spacial score (nSPS) is 15.8. The van der Waals surface area contributed by atoms with Crippen LogP contribution in [0.2, 0.25) is 0 Å². The number of benzene rings is 2. The lowest BCUT2D eigenvalue weighted by molar-refractivity contribution is 0.559. The molecule has 8 heteroatoms. The number of rotatable bonds is 7. The molecule has 1 saturated carbocycles. The molecule has 29 heavy (non-hydrogen) atoms. The van der Waals surface area contributed by atoms with Gasteiger partial charge in [0.2, 0.25) is 0 Å². The van der Waals surface area contributed by atoms with Gasteiger partial charge in [-0.15, -0.1) is 0 Å². The van der Waals surface area contributed by atoms with E-state index in [2.05, 4.69) is 15.6 Å². The van der Waals surface area contributed by atoms with Crippen LogP contribution in [0.25, 0.3) is 0 Å². The van der Waals surface area contributed by atoms with Gasteiger partial charge in [-0.05, 0) is 47.7 Å². The highest BCUT2D eigenvalue weighted by molar-refractivity contribution is 7.89. The van der Waals surface area contributed by atoms with Gasteiger partial charge in [-0.25, -0.2) is 17.2 Å². The highest BCUT2D eigenvalue weighted by Crippen LogP contribution is 2.48. The van der Waals surface area contributed by atoms with Crippen LogP contribution in [0.1, 0.15) is 29.5 Å². The van der Waals surface area contributed by atoms with Crippen LogP contribution in [0.3, 0.4) is 0 Å². The van der Waals surface area contributed by atoms with E-state index in [-0.39, 0.29) is 23.5 Å². The first-order valence-electron chi connectivity index (χ1n) is 9.37. The Kier molecular flexibility index (Phi) is 6.21. The third-order valence-electron chi connectivity index (χ3n) is 5.15. The summed E-state index contributed by atoms with van der Waals surface area (Å²) in [6, 6.07) is 10.8. The third-order valence-corrected chi connectivity index (χ3v) is 5.98. The fraction of sp³-hybridized carbons (Fsp3) is 0.381. The van der Waals surface area contributed by atoms with Crippen molar-refractivity contribution in [2.75, 3.05) is 19.8 Å². The maximum atomic E-state index is 14.2. The zero-order valence-electron chi connectivity index (χ0n) is 16.5. The molecule has 0 heterocycles. The van der Waals surface area contributed by atoms with E-state index in [0.29, 0.717) is 29.2 Å². The molecule has 0 aromatic heterocycles. The standard InChI is InChI=1S/C21H25F2N3O2S/c1-24-20(26-14-21(9-10-21)18-5-3-4-6-19(18)23)25-12-16-11-17(22)8-7-15(16)13-29(2,27)28/h3-8,11H,9-10,12-14H2,1-2H3,(H2,24,25,26). The molecule has 2 aromatic carbocycles. The second kappa shape index (κ2) is 8.49. The molecule has 1 fully saturated rings. The number of nitrogens with zero attached hydrogens (tertiary/aromatic N) is 1. The molecule has 0 aliphatic heterocycles. The van der Waals surface area contributed by atoms with Gasteiger partial charge in [0.25, 0.3) is 0 Å². The van der Waals surface area contributed by atoms with Crippen LogP contribution >= 0.6 is 0 Å². The molecule has 0 bridgehead atoms. The van der Waals surface area contributed by atoms with Gasteiger partial charge in [0.1, 0.15) is 11.6 Å². The molecule has 0 spiro atoms. The number of sulfone groups is 1. The Bertz CT molecular complexity index is 1020. The molecule has 0 saturated heterocycles. The molecule has 0 atom stereocenters. The van der Waals surface area contributed by atoms with Crippen LogP contribution in [-0.2, 0) is 27.5 Å². The average molecular weight is 422 g/mol. The fourth-order valence-electron chi connectivity index (χ4n) is 3.42. The largest absolute Gasteiger partial charge is 0.356 e. The van der Waals surface area contributed by atoms with E-state index in [4.69, 9.17) is 0 Å². The smallest absolute Gasteiger partial charge is 0.191 e. The number of hydrogen-bond donors (Lipinski definition) is 2. The third kappa shape index (κ3) is 5.53. The van der Waals surface area contributed by atoms with E-state index >= 15 is 0 Å². The minimum Gasteiger partial charge on any atom is -0.356 e. The van der Waals surface area contributed by atoms with Gasteiger partial charge in [0.15, 0.2) is 15.8 Å². The molecule has 5 nitrogen and oxygen atoms in total. The van der Waals surface area contributed by atoms with E-state index < -0.39 is 15.7 Å². The Hall–Kier alpha value is -2.48. The molecule has 2 aromatic rings. The van der Waals surface area contributed by atoms with Crippen molar-refractivity contribution in [3.63, 3.8) is 0 Å². The molecule has 0 amide bonds. The quantitative estimate of drug-likeness (QED) is 0.533. The van der Waals surface area contributed by atoms with E-state index in [0.717, 1.165) is 19.1 Å². The van der Waals surface area contributed by atoms with Crippen LogP contribution in [0.4, 0.5) is 8.78 Å². The Morgan fingerprint density at radius 3 is 2.45 bits per heavy atom. The second-order valence-electron chi connectivity index (χ2n) is 7.52. The molecule has 2 N–H and O–H groups in total. The van der Waals surface area contributed by atoms with Gasteiger partial charge in [0, 0.05) is 31.8 Å². The summed E-state index contributed by atoms with van der Waals surface area (Å²) in [7, 11) is -1.63. The molecular formula is C21H25F2N3O2S. The van der Waals surface area contributed by atoms with Gasteiger partial charge in [-0.1, -0.05) is 24.3 Å². The van der Waals surface area contributed by atoms with Gasteiger partial charge in [-0.2, -0.15) is 0 Å². The van der Waals surface area contributed by atoms with E-state index in [1.165, 1.54) is 24.3 Å². The van der Waals surface area contributed by atoms with Crippen LogP contribution in [0, 0.1) is 11.6 Å². The summed E-state index contributed by atoms with van der Waals surface area (Å²) >= 11 is 0. The van der Waals surface area contributed by atoms with E-state index in [1.807, 2.05) is 12.1 Å². The summed E-state index contributed by atoms with van der Waals surface area (Å²) in [5, 5.41) is 6.30. The fourth-order valence-corrected chi connectivity index (χ4v) is 4.26. The van der Waals surface area contributed by atoms with Crippen molar-refractivity contribution in [3.05, 3.63) is 70.8 Å². The summed E-state index contributed by atoms with van der Waals surface area (Å²) in [4.78, 5) is 4.17. The number of aliphatic imine (C=N–C) groups is 1. The number of hydrogen-bond acceptors (Lipinski definition) is 3. The zero-order valence-corrected chi connectivity index (χ0v) is 17.3. The maximum Gasteiger partial charge on any atom is 0.191 e. The Labute approximate surface area is 170 Å². The Morgan fingerprint density at radius 2 is 1.83 bits per heavy atom. The lowest BCUT2D eigenvalue weighted by Crippen LogP contribution is -2.41. The van der Waals surface area contributed by atoms with Crippen molar-refractivity contribution in [2.45, 2.75) is 30.6 Å². The monoisotopic (exact) mass is 421 g/mol. The first-order chi connectivity index (χ1) is 13.7. The topological polar surface area (TPSA) is 70.6 Å². The van der Waals surface area contributed by atoms with E-state index in [1.54, 1.807) is 13.1 Å². The Morgan fingerprint density at radius 1 is 1.10 bits per heavy atom. The number of halogens is 2. The molecule has 156 valence electrons. The minimum absolute atomic E-state index is 0.160. The first-order valence-corrected chi connectivity index (χ1v) is 11.4. The van der Waals surface area contributed by atoms with Crippen molar-refractivity contribution in [2.24, 2.45) is 4.99 Å². The van der Waals surface area contributed by atoms with Crippen molar-refractivity contribution >= 4 is 15.8 Å². The summed E-state index contributed by atoms with van der Waals surface area (Å²) in [6.45, 7) is 0.738. The van der Waals surface area contributed by atoms with E-state index in [9.17, 15) is 17.2 Å². The van der Waals surface area contributed by atoms with Crippen LogP contribution < -0.4 is 10.6 Å². The maximum absolute atomic E-state index is 14.2.